The van der Waals surface area contributed by atoms with Crippen LogP contribution in [0.25, 0.3) is 0 Å². The third-order valence-electron chi connectivity index (χ3n) is 2.66. The lowest BCUT2D eigenvalue weighted by atomic mass is 9.84. The van der Waals surface area contributed by atoms with E-state index in [0.717, 1.165) is 12.5 Å². The predicted molar refractivity (Wildman–Crippen MR) is 46.2 cm³/mol. The van der Waals surface area contributed by atoms with Gasteiger partial charge in [0, 0.05) is 0 Å². The monoisotopic (exact) mass is 206 g/mol. The number of alkyl halides is 1. The number of hydrogen-bond donors (Lipinski definition) is 0. The van der Waals surface area contributed by atoms with Gasteiger partial charge >= 0.3 is 0 Å². The Kier molecular flexibility index (Phi) is 2.75. The minimum Gasteiger partial charge on any atom is -0.366 e. The predicted octanol–water partition coefficient (Wildman–Crippen LogP) is 2.65. The fourth-order valence-corrected chi connectivity index (χ4v) is 1.94. The molecule has 1 aliphatic rings. The first-order valence-electron chi connectivity index (χ1n) is 3.88. The molecule has 0 aromatic rings. The zero-order chi connectivity index (χ0) is 7.72. The van der Waals surface area contributed by atoms with Crippen LogP contribution in [0.3, 0.4) is 0 Å². The Morgan fingerprint density at radius 2 is 1.80 bits per heavy atom. The van der Waals surface area contributed by atoms with E-state index in [0.29, 0.717) is 11.8 Å². The Bertz CT molecular complexity index is 102. The zero-order valence-electron chi connectivity index (χ0n) is 6.80. The van der Waals surface area contributed by atoms with Gasteiger partial charge in [-0.15, -0.1) is 0 Å². The lowest BCUT2D eigenvalue weighted by Crippen LogP contribution is -2.35. The molecule has 1 heterocycles. The van der Waals surface area contributed by atoms with E-state index in [-0.39, 0.29) is 5.01 Å². The maximum Gasteiger partial charge on any atom is 0.115 e. The molecule has 60 valence electrons. The minimum absolute atomic E-state index is 0.277. The van der Waals surface area contributed by atoms with E-state index in [1.54, 1.807) is 0 Å². The highest BCUT2D eigenvalue weighted by molar-refractivity contribution is 9.09. The first kappa shape index (κ1) is 8.54. The quantitative estimate of drug-likeness (QED) is 0.555. The molecule has 2 unspecified atom stereocenters. The molecule has 0 spiro atoms. The lowest BCUT2D eigenvalue weighted by molar-refractivity contribution is -0.0259. The van der Waals surface area contributed by atoms with Crippen molar-refractivity contribution in [3.05, 3.63) is 0 Å². The van der Waals surface area contributed by atoms with Crippen molar-refractivity contribution in [2.24, 2.45) is 17.8 Å². The molecule has 1 rings (SSSR count). The number of rotatable bonds is 0. The van der Waals surface area contributed by atoms with Gasteiger partial charge in [-0.3, -0.25) is 0 Å². The first-order chi connectivity index (χ1) is 4.63. The average molecular weight is 207 g/mol. The second-order valence-corrected chi connectivity index (χ2v) is 4.28. The van der Waals surface area contributed by atoms with Gasteiger partial charge in [-0.25, -0.2) is 0 Å². The summed E-state index contributed by atoms with van der Waals surface area (Å²) in [4.78, 5) is 0. The first-order valence-corrected chi connectivity index (χ1v) is 4.80. The molecule has 2 heteroatoms. The van der Waals surface area contributed by atoms with Crippen LogP contribution in [0.2, 0.25) is 0 Å². The van der Waals surface area contributed by atoms with E-state index in [2.05, 4.69) is 36.7 Å². The van der Waals surface area contributed by atoms with Crippen LogP contribution >= 0.6 is 15.9 Å². The largest absolute Gasteiger partial charge is 0.366 e. The Hall–Kier alpha value is 0.440. The summed E-state index contributed by atoms with van der Waals surface area (Å²) in [6.45, 7) is 7.69. The summed E-state index contributed by atoms with van der Waals surface area (Å²) in [6.07, 6.45) is 0. The third kappa shape index (κ3) is 1.54. The van der Waals surface area contributed by atoms with Crippen LogP contribution in [0.5, 0.6) is 0 Å². The van der Waals surface area contributed by atoms with Crippen LogP contribution in [0, 0.1) is 17.8 Å². The highest BCUT2D eigenvalue weighted by atomic mass is 79.9. The van der Waals surface area contributed by atoms with Crippen LogP contribution in [-0.4, -0.2) is 11.6 Å². The Morgan fingerprint density at radius 1 is 1.20 bits per heavy atom. The van der Waals surface area contributed by atoms with Gasteiger partial charge in [0.2, 0.25) is 0 Å². The van der Waals surface area contributed by atoms with Crippen molar-refractivity contribution >= 4 is 15.9 Å². The molecule has 1 fully saturated rings. The van der Waals surface area contributed by atoms with E-state index in [1.807, 2.05) is 0 Å². The summed E-state index contributed by atoms with van der Waals surface area (Å²) in [5.41, 5.74) is 0. The van der Waals surface area contributed by atoms with Gasteiger partial charge in [0.05, 0.1) is 6.61 Å². The lowest BCUT2D eigenvalue weighted by Gasteiger charge is -2.35. The summed E-state index contributed by atoms with van der Waals surface area (Å²) < 4.78 is 5.49. The average Bonchev–Trinajstić information content (AvgIpc) is 1.93. The zero-order valence-corrected chi connectivity index (χ0v) is 8.39. The van der Waals surface area contributed by atoms with Crippen molar-refractivity contribution in [3.63, 3.8) is 0 Å². The van der Waals surface area contributed by atoms with Gasteiger partial charge in [-0.1, -0.05) is 36.7 Å². The molecule has 0 aliphatic carbocycles. The summed E-state index contributed by atoms with van der Waals surface area (Å²) in [7, 11) is 0. The van der Waals surface area contributed by atoms with Gasteiger partial charge in [0.15, 0.2) is 0 Å². The normalized spacial score (nSPS) is 49.2. The third-order valence-corrected chi connectivity index (χ3v) is 3.76. The van der Waals surface area contributed by atoms with Crippen LogP contribution in [0.1, 0.15) is 20.8 Å². The molecule has 0 radical (unpaired) electrons. The van der Waals surface area contributed by atoms with E-state index in [9.17, 15) is 0 Å². The van der Waals surface area contributed by atoms with Gasteiger partial charge in [0.25, 0.3) is 0 Å². The number of halogens is 1. The Labute approximate surface area is 71.3 Å². The van der Waals surface area contributed by atoms with Crippen molar-refractivity contribution in [2.75, 3.05) is 6.61 Å². The van der Waals surface area contributed by atoms with Crippen molar-refractivity contribution in [3.8, 4) is 0 Å². The fourth-order valence-electron chi connectivity index (χ4n) is 1.30. The summed E-state index contributed by atoms with van der Waals surface area (Å²) in [5, 5.41) is 0.277. The summed E-state index contributed by atoms with van der Waals surface area (Å²) in [6, 6.07) is 0. The van der Waals surface area contributed by atoms with Gasteiger partial charge < -0.3 is 4.74 Å². The molecule has 0 aromatic carbocycles. The SMILES string of the molecule is CC1C(Br)OC[C@@H](C)[C@@H]1C. The van der Waals surface area contributed by atoms with Crippen molar-refractivity contribution in [1.29, 1.82) is 0 Å². The molecule has 1 saturated heterocycles. The second kappa shape index (κ2) is 3.22. The smallest absolute Gasteiger partial charge is 0.115 e. The molecule has 0 aromatic heterocycles. The second-order valence-electron chi connectivity index (χ2n) is 3.38. The van der Waals surface area contributed by atoms with Gasteiger partial charge in [-0.05, 0) is 17.8 Å². The molecule has 0 bridgehead atoms. The Morgan fingerprint density at radius 3 is 2.30 bits per heavy atom. The van der Waals surface area contributed by atoms with Crippen LogP contribution in [0.15, 0.2) is 0 Å². The molecule has 1 nitrogen and oxygen atoms in total. The molecule has 0 N–H and O–H groups in total. The molecule has 1 aliphatic heterocycles. The molecular formula is C8H15BrO. The molecule has 4 atom stereocenters. The molecule has 10 heavy (non-hydrogen) atoms. The van der Waals surface area contributed by atoms with Crippen molar-refractivity contribution in [1.82, 2.24) is 0 Å². The Balaban J connectivity index is 2.52. The molecular weight excluding hydrogens is 192 g/mol. The standard InChI is InChI=1S/C8H15BrO/c1-5-4-10-8(9)7(3)6(5)2/h5-8H,4H2,1-3H3/t5-,6+,7?,8?/m1/s1. The van der Waals surface area contributed by atoms with E-state index in [1.165, 1.54) is 0 Å². The highest BCUT2D eigenvalue weighted by Crippen LogP contribution is 2.32. The van der Waals surface area contributed by atoms with Crippen LogP contribution in [-0.2, 0) is 4.74 Å². The maximum atomic E-state index is 5.49. The molecule has 0 amide bonds. The van der Waals surface area contributed by atoms with E-state index >= 15 is 0 Å². The summed E-state index contributed by atoms with van der Waals surface area (Å²) >= 11 is 3.50. The molecule has 0 saturated carbocycles. The number of ether oxygens (including phenoxy) is 1. The van der Waals surface area contributed by atoms with Crippen LogP contribution in [0.4, 0.5) is 0 Å². The van der Waals surface area contributed by atoms with Crippen molar-refractivity contribution < 1.29 is 4.74 Å². The van der Waals surface area contributed by atoms with Gasteiger partial charge in [-0.2, -0.15) is 0 Å². The van der Waals surface area contributed by atoms with Crippen LogP contribution < -0.4 is 0 Å². The number of hydrogen-bond acceptors (Lipinski definition) is 1. The van der Waals surface area contributed by atoms with Crippen molar-refractivity contribution in [2.45, 2.75) is 25.8 Å². The van der Waals surface area contributed by atoms with E-state index in [4.69, 9.17) is 4.74 Å². The topological polar surface area (TPSA) is 9.23 Å². The minimum atomic E-state index is 0.277. The highest BCUT2D eigenvalue weighted by Gasteiger charge is 2.30. The maximum absolute atomic E-state index is 5.49. The fraction of sp³-hybridized carbons (Fsp3) is 1.00. The summed E-state index contributed by atoms with van der Waals surface area (Å²) in [5.74, 6) is 2.13. The van der Waals surface area contributed by atoms with Gasteiger partial charge in [0.1, 0.15) is 5.01 Å². The van der Waals surface area contributed by atoms with E-state index < -0.39 is 0 Å².